The van der Waals surface area contributed by atoms with Crippen LogP contribution in [0.15, 0.2) is 23.1 Å². The van der Waals surface area contributed by atoms with E-state index < -0.39 is 5.69 Å². The lowest BCUT2D eigenvalue weighted by Gasteiger charge is -2.14. The van der Waals surface area contributed by atoms with E-state index in [0.29, 0.717) is 28.8 Å². The Morgan fingerprint density at radius 1 is 1.10 bits per heavy atom. The van der Waals surface area contributed by atoms with Crippen molar-refractivity contribution in [3.63, 3.8) is 0 Å². The van der Waals surface area contributed by atoms with Crippen molar-refractivity contribution in [2.24, 2.45) is 0 Å². The molecular formula is C12H14N4O4. The van der Waals surface area contributed by atoms with Crippen LogP contribution in [-0.2, 0) is 0 Å². The minimum absolute atomic E-state index is 0.308. The SMILES string of the molecule is COc1cc(Nc2cn[nH]c(=O)n2)cc(OC)c1OC. The fraction of sp³-hybridized carbons (Fsp3) is 0.250. The first-order chi connectivity index (χ1) is 9.67. The molecule has 106 valence electrons. The van der Waals surface area contributed by atoms with Crippen LogP contribution in [-0.4, -0.2) is 36.5 Å². The molecule has 2 rings (SSSR count). The topological polar surface area (TPSA) is 98.4 Å². The van der Waals surface area contributed by atoms with Crippen molar-refractivity contribution in [3.05, 3.63) is 28.8 Å². The van der Waals surface area contributed by atoms with Crippen molar-refractivity contribution in [1.82, 2.24) is 15.2 Å². The van der Waals surface area contributed by atoms with E-state index in [1.807, 2.05) is 0 Å². The molecule has 2 aromatic rings. The largest absolute Gasteiger partial charge is 0.493 e. The molecule has 8 nitrogen and oxygen atoms in total. The number of aromatic amines is 1. The number of hydrogen-bond acceptors (Lipinski definition) is 7. The van der Waals surface area contributed by atoms with Gasteiger partial charge in [0.2, 0.25) is 5.75 Å². The Balaban J connectivity index is 2.39. The second-order valence-corrected chi connectivity index (χ2v) is 3.71. The van der Waals surface area contributed by atoms with E-state index in [1.165, 1.54) is 27.5 Å². The summed E-state index contributed by atoms with van der Waals surface area (Å²) in [6.45, 7) is 0. The summed E-state index contributed by atoms with van der Waals surface area (Å²) in [6.07, 6.45) is 1.39. The summed E-state index contributed by atoms with van der Waals surface area (Å²) in [6, 6.07) is 3.40. The lowest BCUT2D eigenvalue weighted by molar-refractivity contribution is 0.324. The third kappa shape index (κ3) is 2.79. The molecule has 0 aliphatic heterocycles. The van der Waals surface area contributed by atoms with Gasteiger partial charge in [-0.1, -0.05) is 0 Å². The van der Waals surface area contributed by atoms with Gasteiger partial charge >= 0.3 is 5.69 Å². The minimum atomic E-state index is -0.539. The molecule has 0 aliphatic rings. The summed E-state index contributed by atoms with van der Waals surface area (Å²) >= 11 is 0. The number of nitrogens with zero attached hydrogens (tertiary/aromatic N) is 2. The van der Waals surface area contributed by atoms with E-state index in [1.54, 1.807) is 12.1 Å². The third-order valence-electron chi connectivity index (χ3n) is 2.51. The summed E-state index contributed by atoms with van der Waals surface area (Å²) in [5.41, 5.74) is 0.0850. The van der Waals surface area contributed by atoms with Crippen molar-refractivity contribution in [2.45, 2.75) is 0 Å². The number of H-pyrrole nitrogens is 1. The molecule has 0 saturated heterocycles. The number of methoxy groups -OCH3 is 3. The van der Waals surface area contributed by atoms with Crippen LogP contribution < -0.4 is 25.2 Å². The first kappa shape index (κ1) is 13.7. The number of ether oxygens (including phenoxy) is 3. The number of rotatable bonds is 5. The zero-order valence-corrected chi connectivity index (χ0v) is 11.3. The van der Waals surface area contributed by atoms with Crippen LogP contribution in [0.5, 0.6) is 17.2 Å². The summed E-state index contributed by atoms with van der Waals surface area (Å²) in [7, 11) is 4.57. The molecule has 2 N–H and O–H groups in total. The van der Waals surface area contributed by atoms with Crippen LogP contribution in [0.25, 0.3) is 0 Å². The van der Waals surface area contributed by atoms with Gasteiger partial charge in [0.25, 0.3) is 0 Å². The highest BCUT2D eigenvalue weighted by Gasteiger charge is 2.13. The summed E-state index contributed by atoms with van der Waals surface area (Å²) < 4.78 is 15.7. The maximum atomic E-state index is 11.1. The van der Waals surface area contributed by atoms with E-state index >= 15 is 0 Å². The molecule has 0 bridgehead atoms. The molecule has 1 aromatic heterocycles. The predicted molar refractivity (Wildman–Crippen MR) is 72.0 cm³/mol. The van der Waals surface area contributed by atoms with Gasteiger partial charge in [-0.2, -0.15) is 10.1 Å². The van der Waals surface area contributed by atoms with E-state index in [4.69, 9.17) is 14.2 Å². The van der Waals surface area contributed by atoms with Crippen molar-refractivity contribution in [3.8, 4) is 17.2 Å². The molecule has 0 atom stereocenters. The van der Waals surface area contributed by atoms with Crippen molar-refractivity contribution in [2.75, 3.05) is 26.6 Å². The van der Waals surface area contributed by atoms with Gasteiger partial charge in [0, 0.05) is 17.8 Å². The maximum Gasteiger partial charge on any atom is 0.363 e. The fourth-order valence-electron chi connectivity index (χ4n) is 1.67. The van der Waals surface area contributed by atoms with Crippen LogP contribution in [0, 0.1) is 0 Å². The standard InChI is InChI=1S/C12H14N4O4/c1-18-8-4-7(5-9(19-2)11(8)20-3)14-10-6-13-16-12(17)15-10/h4-6H,1-3H3,(H2,14,15,16,17). The van der Waals surface area contributed by atoms with Gasteiger partial charge in [0.15, 0.2) is 17.3 Å². The van der Waals surface area contributed by atoms with Crippen LogP contribution >= 0.6 is 0 Å². The molecule has 0 radical (unpaired) electrons. The highest BCUT2D eigenvalue weighted by molar-refractivity contribution is 5.66. The molecule has 1 heterocycles. The van der Waals surface area contributed by atoms with Gasteiger partial charge in [-0.15, -0.1) is 0 Å². The monoisotopic (exact) mass is 278 g/mol. The summed E-state index contributed by atoms with van der Waals surface area (Å²) in [5.74, 6) is 1.78. The number of aromatic nitrogens is 3. The Labute approximate surface area is 114 Å². The maximum absolute atomic E-state index is 11.1. The quantitative estimate of drug-likeness (QED) is 0.839. The zero-order valence-electron chi connectivity index (χ0n) is 11.3. The zero-order chi connectivity index (χ0) is 14.5. The van der Waals surface area contributed by atoms with Gasteiger partial charge in [0.05, 0.1) is 27.5 Å². The Kier molecular flexibility index (Phi) is 4.04. The summed E-state index contributed by atoms with van der Waals surface area (Å²) in [5, 5.41) is 8.78. The Bertz CT molecular complexity index is 631. The second-order valence-electron chi connectivity index (χ2n) is 3.71. The molecule has 0 amide bonds. The molecule has 0 saturated carbocycles. The number of benzene rings is 1. The molecule has 1 aromatic carbocycles. The third-order valence-corrected chi connectivity index (χ3v) is 2.51. The predicted octanol–water partition coefficient (Wildman–Crippen LogP) is 0.934. The van der Waals surface area contributed by atoms with Crippen LogP contribution in [0.2, 0.25) is 0 Å². The lowest BCUT2D eigenvalue weighted by Crippen LogP contribution is -2.13. The molecule has 0 spiro atoms. The Hall–Kier alpha value is -2.77. The molecular weight excluding hydrogens is 264 g/mol. The van der Waals surface area contributed by atoms with Crippen molar-refractivity contribution >= 4 is 11.5 Å². The van der Waals surface area contributed by atoms with Gasteiger partial charge in [-0.05, 0) is 0 Å². The van der Waals surface area contributed by atoms with E-state index in [9.17, 15) is 4.79 Å². The average molecular weight is 278 g/mol. The second kappa shape index (κ2) is 5.91. The molecule has 8 heteroatoms. The number of hydrogen-bond donors (Lipinski definition) is 2. The van der Waals surface area contributed by atoms with Crippen molar-refractivity contribution < 1.29 is 14.2 Å². The first-order valence-corrected chi connectivity index (χ1v) is 5.66. The van der Waals surface area contributed by atoms with E-state index in [2.05, 4.69) is 20.5 Å². The minimum Gasteiger partial charge on any atom is -0.493 e. The Morgan fingerprint density at radius 2 is 1.75 bits per heavy atom. The smallest absolute Gasteiger partial charge is 0.363 e. The number of anilines is 2. The normalized spacial score (nSPS) is 9.95. The first-order valence-electron chi connectivity index (χ1n) is 5.66. The fourth-order valence-corrected chi connectivity index (χ4v) is 1.67. The Morgan fingerprint density at radius 3 is 2.25 bits per heavy atom. The highest BCUT2D eigenvalue weighted by Crippen LogP contribution is 2.40. The van der Waals surface area contributed by atoms with E-state index in [0.717, 1.165) is 0 Å². The highest BCUT2D eigenvalue weighted by atomic mass is 16.5. The molecule has 0 fully saturated rings. The number of nitrogens with one attached hydrogen (secondary N) is 2. The van der Waals surface area contributed by atoms with Crippen molar-refractivity contribution in [1.29, 1.82) is 0 Å². The van der Waals surface area contributed by atoms with Gasteiger partial charge in [0.1, 0.15) is 0 Å². The van der Waals surface area contributed by atoms with E-state index in [-0.39, 0.29) is 0 Å². The molecule has 20 heavy (non-hydrogen) atoms. The average Bonchev–Trinajstić information content (AvgIpc) is 2.46. The van der Waals surface area contributed by atoms with Gasteiger partial charge in [-0.3, -0.25) is 0 Å². The van der Waals surface area contributed by atoms with Crippen LogP contribution in [0.1, 0.15) is 0 Å². The van der Waals surface area contributed by atoms with Crippen LogP contribution in [0.4, 0.5) is 11.5 Å². The lowest BCUT2D eigenvalue weighted by atomic mass is 10.2. The van der Waals surface area contributed by atoms with Gasteiger partial charge < -0.3 is 19.5 Å². The summed E-state index contributed by atoms with van der Waals surface area (Å²) in [4.78, 5) is 14.8. The van der Waals surface area contributed by atoms with Gasteiger partial charge in [-0.25, -0.2) is 9.89 Å². The van der Waals surface area contributed by atoms with Crippen LogP contribution in [0.3, 0.4) is 0 Å². The molecule has 0 unspecified atom stereocenters. The molecule has 0 aliphatic carbocycles.